The first-order valence-electron chi connectivity index (χ1n) is 6.53. The lowest BCUT2D eigenvalue weighted by molar-refractivity contribution is 1.45. The van der Waals surface area contributed by atoms with Gasteiger partial charge in [-0.25, -0.2) is 0 Å². The van der Waals surface area contributed by atoms with Crippen LogP contribution in [0, 0.1) is 0 Å². The molecule has 2 heteroatoms. The smallest absolute Gasteiger partial charge is 0.0384 e. The van der Waals surface area contributed by atoms with Gasteiger partial charge in [-0.2, -0.15) is 0 Å². The Morgan fingerprint density at radius 2 is 1.05 bits per heavy atom. The average molecular weight is 277 g/mol. The van der Waals surface area contributed by atoms with Gasteiger partial charge in [-0.05, 0) is 47.5 Å². The Bertz CT molecular complexity index is 673. The first-order valence-corrected chi connectivity index (χ1v) is 6.97. The minimum absolute atomic E-state index is 0.968. The van der Waals surface area contributed by atoms with Gasteiger partial charge in [0.05, 0.1) is 0 Å². The van der Waals surface area contributed by atoms with Crippen molar-refractivity contribution in [3.05, 3.63) is 78.9 Å². The number of rotatable bonds is 3. The number of hydrogen-bond donors (Lipinski definition) is 2. The zero-order valence-corrected chi connectivity index (χ0v) is 11.8. The van der Waals surface area contributed by atoms with E-state index >= 15 is 0 Å². The highest BCUT2D eigenvalue weighted by Crippen LogP contribution is 2.23. The van der Waals surface area contributed by atoms with Crippen LogP contribution in [0.15, 0.2) is 83.8 Å². The van der Waals surface area contributed by atoms with Gasteiger partial charge in [-0.15, -0.1) is 12.6 Å². The van der Waals surface area contributed by atoms with Crippen molar-refractivity contribution in [3.8, 4) is 11.1 Å². The predicted molar refractivity (Wildman–Crippen MR) is 88.9 cm³/mol. The van der Waals surface area contributed by atoms with Gasteiger partial charge >= 0.3 is 0 Å². The van der Waals surface area contributed by atoms with Crippen LogP contribution < -0.4 is 5.32 Å². The van der Waals surface area contributed by atoms with Crippen molar-refractivity contribution in [1.29, 1.82) is 0 Å². The Labute approximate surface area is 124 Å². The molecule has 20 heavy (non-hydrogen) atoms. The second-order valence-corrected chi connectivity index (χ2v) is 5.13. The van der Waals surface area contributed by atoms with Crippen LogP contribution in [-0.2, 0) is 0 Å². The van der Waals surface area contributed by atoms with Gasteiger partial charge in [0.2, 0.25) is 0 Å². The summed E-state index contributed by atoms with van der Waals surface area (Å²) >= 11 is 4.28. The van der Waals surface area contributed by atoms with Crippen molar-refractivity contribution >= 4 is 24.0 Å². The number of hydrogen-bond acceptors (Lipinski definition) is 2. The molecule has 1 nitrogen and oxygen atoms in total. The molecule has 0 aliphatic rings. The van der Waals surface area contributed by atoms with E-state index in [1.807, 2.05) is 30.3 Å². The third-order valence-electron chi connectivity index (χ3n) is 3.15. The lowest BCUT2D eigenvalue weighted by atomic mass is 10.1. The van der Waals surface area contributed by atoms with Crippen LogP contribution >= 0.6 is 12.6 Å². The summed E-state index contributed by atoms with van der Waals surface area (Å²) in [6, 6.07) is 26.8. The third kappa shape index (κ3) is 3.03. The van der Waals surface area contributed by atoms with E-state index in [1.54, 1.807) is 0 Å². The van der Waals surface area contributed by atoms with E-state index < -0.39 is 0 Å². The minimum Gasteiger partial charge on any atom is -0.356 e. The average Bonchev–Trinajstić information content (AvgIpc) is 2.51. The van der Waals surface area contributed by atoms with Gasteiger partial charge < -0.3 is 5.32 Å². The molecule has 0 bridgehead atoms. The summed E-state index contributed by atoms with van der Waals surface area (Å²) in [7, 11) is 0. The lowest BCUT2D eigenvalue weighted by Gasteiger charge is -2.08. The maximum absolute atomic E-state index is 4.28. The van der Waals surface area contributed by atoms with E-state index in [4.69, 9.17) is 0 Å². The van der Waals surface area contributed by atoms with Crippen molar-refractivity contribution in [1.82, 2.24) is 0 Å². The molecule has 98 valence electrons. The standard InChI is InChI=1S/C18H15NS/c20-18-12-10-17(11-13-18)19-16-8-6-15(7-9-16)14-4-2-1-3-5-14/h1-13,19-20H. The van der Waals surface area contributed by atoms with Crippen LogP contribution in [0.1, 0.15) is 0 Å². The highest BCUT2D eigenvalue weighted by molar-refractivity contribution is 7.80. The molecule has 0 fully saturated rings. The van der Waals surface area contributed by atoms with E-state index in [-0.39, 0.29) is 0 Å². The second kappa shape index (κ2) is 5.85. The lowest BCUT2D eigenvalue weighted by Crippen LogP contribution is -1.89. The summed E-state index contributed by atoms with van der Waals surface area (Å²) in [6.07, 6.45) is 0. The van der Waals surface area contributed by atoms with Gasteiger partial charge in [-0.1, -0.05) is 42.5 Å². The molecule has 0 amide bonds. The first-order chi connectivity index (χ1) is 9.81. The molecule has 3 aromatic carbocycles. The molecule has 0 aliphatic heterocycles. The molecule has 0 aliphatic carbocycles. The maximum atomic E-state index is 4.28. The normalized spacial score (nSPS) is 10.2. The maximum Gasteiger partial charge on any atom is 0.0384 e. The van der Waals surface area contributed by atoms with Crippen LogP contribution in [0.2, 0.25) is 0 Å². The molecule has 0 unspecified atom stereocenters. The van der Waals surface area contributed by atoms with Gasteiger partial charge in [0.25, 0.3) is 0 Å². The fraction of sp³-hybridized carbons (Fsp3) is 0. The predicted octanol–water partition coefficient (Wildman–Crippen LogP) is 5.39. The highest BCUT2D eigenvalue weighted by Gasteiger charge is 1.98. The van der Waals surface area contributed by atoms with Crippen LogP contribution in [0.3, 0.4) is 0 Å². The summed E-state index contributed by atoms with van der Waals surface area (Å²) in [4.78, 5) is 0.968. The van der Waals surface area contributed by atoms with Gasteiger partial charge in [0, 0.05) is 16.3 Å². The third-order valence-corrected chi connectivity index (χ3v) is 3.45. The number of nitrogens with one attached hydrogen (secondary N) is 1. The van der Waals surface area contributed by atoms with E-state index in [0.717, 1.165) is 16.3 Å². The number of thiol groups is 1. The number of anilines is 2. The van der Waals surface area contributed by atoms with Crippen molar-refractivity contribution < 1.29 is 0 Å². The van der Waals surface area contributed by atoms with Crippen LogP contribution in [0.5, 0.6) is 0 Å². The minimum atomic E-state index is 0.968. The fourth-order valence-corrected chi connectivity index (χ4v) is 2.24. The first kappa shape index (κ1) is 12.8. The van der Waals surface area contributed by atoms with Gasteiger partial charge in [0.15, 0.2) is 0 Å². The molecular weight excluding hydrogens is 262 g/mol. The molecule has 0 saturated carbocycles. The highest BCUT2D eigenvalue weighted by atomic mass is 32.1. The largest absolute Gasteiger partial charge is 0.356 e. The zero-order valence-electron chi connectivity index (χ0n) is 11.0. The van der Waals surface area contributed by atoms with Crippen LogP contribution in [-0.4, -0.2) is 0 Å². The SMILES string of the molecule is Sc1ccc(Nc2ccc(-c3ccccc3)cc2)cc1. The van der Waals surface area contributed by atoms with E-state index in [0.29, 0.717) is 0 Å². The van der Waals surface area contributed by atoms with E-state index in [1.165, 1.54) is 11.1 Å². The van der Waals surface area contributed by atoms with Crippen molar-refractivity contribution in [2.45, 2.75) is 4.90 Å². The summed E-state index contributed by atoms with van der Waals surface area (Å²) in [5.74, 6) is 0. The molecule has 0 aromatic heterocycles. The molecule has 3 rings (SSSR count). The van der Waals surface area contributed by atoms with Crippen molar-refractivity contribution in [2.75, 3.05) is 5.32 Å². The molecule has 3 aromatic rings. The molecule has 1 N–H and O–H groups in total. The monoisotopic (exact) mass is 277 g/mol. The Kier molecular flexibility index (Phi) is 3.75. The Balaban J connectivity index is 1.78. The topological polar surface area (TPSA) is 12.0 Å². The summed E-state index contributed by atoms with van der Waals surface area (Å²) in [5, 5.41) is 3.38. The van der Waals surface area contributed by atoms with Crippen LogP contribution in [0.25, 0.3) is 11.1 Å². The molecule has 0 heterocycles. The van der Waals surface area contributed by atoms with Crippen molar-refractivity contribution in [2.24, 2.45) is 0 Å². The van der Waals surface area contributed by atoms with Gasteiger partial charge in [0.1, 0.15) is 0 Å². The zero-order chi connectivity index (χ0) is 13.8. The molecular formula is C18H15NS. The van der Waals surface area contributed by atoms with E-state index in [9.17, 15) is 0 Å². The molecule has 0 saturated heterocycles. The van der Waals surface area contributed by atoms with Crippen LogP contribution in [0.4, 0.5) is 11.4 Å². The summed E-state index contributed by atoms with van der Waals surface area (Å²) in [5.41, 5.74) is 4.60. The molecule has 0 radical (unpaired) electrons. The molecule has 0 atom stereocenters. The van der Waals surface area contributed by atoms with Crippen molar-refractivity contribution in [3.63, 3.8) is 0 Å². The Hall–Kier alpha value is -2.19. The van der Waals surface area contributed by atoms with E-state index in [2.05, 4.69) is 66.5 Å². The quantitative estimate of drug-likeness (QED) is 0.612. The summed E-state index contributed by atoms with van der Waals surface area (Å²) in [6.45, 7) is 0. The summed E-state index contributed by atoms with van der Waals surface area (Å²) < 4.78 is 0. The Morgan fingerprint density at radius 1 is 0.550 bits per heavy atom. The molecule has 0 spiro atoms. The Morgan fingerprint density at radius 3 is 1.65 bits per heavy atom. The van der Waals surface area contributed by atoms with Gasteiger partial charge in [-0.3, -0.25) is 0 Å². The fourth-order valence-electron chi connectivity index (χ4n) is 2.09. The second-order valence-electron chi connectivity index (χ2n) is 4.62. The number of benzene rings is 3.